The van der Waals surface area contributed by atoms with Crippen LogP contribution in [-0.2, 0) is 15.6 Å². The van der Waals surface area contributed by atoms with Gasteiger partial charge < -0.3 is 11.1 Å². The number of nitrogens with one attached hydrogen (secondary N) is 1. The number of nitrogen functional groups attached to an aromatic ring is 1. The van der Waals surface area contributed by atoms with E-state index in [1.54, 1.807) is 27.7 Å². The molecule has 0 saturated heterocycles. The lowest BCUT2D eigenvalue weighted by molar-refractivity contribution is -0.115. The molecule has 0 heterocycles. The van der Waals surface area contributed by atoms with Gasteiger partial charge in [-0.25, -0.2) is 4.39 Å². The van der Waals surface area contributed by atoms with E-state index >= 15 is 0 Å². The Labute approximate surface area is 115 Å². The summed E-state index contributed by atoms with van der Waals surface area (Å²) in [6.45, 7) is 7.01. The van der Waals surface area contributed by atoms with Gasteiger partial charge in [-0.2, -0.15) is 0 Å². The van der Waals surface area contributed by atoms with Gasteiger partial charge >= 0.3 is 0 Å². The molecule has 6 heteroatoms. The molecule has 2 unspecified atom stereocenters. The number of hydrogen-bond donors (Lipinski definition) is 2. The van der Waals surface area contributed by atoms with Crippen molar-refractivity contribution in [3.05, 3.63) is 24.0 Å². The van der Waals surface area contributed by atoms with E-state index in [1.165, 1.54) is 12.1 Å². The maximum absolute atomic E-state index is 12.9. The van der Waals surface area contributed by atoms with Gasteiger partial charge in [-0.3, -0.25) is 9.00 Å². The molecule has 0 bridgehead atoms. The molecule has 1 aromatic carbocycles. The van der Waals surface area contributed by atoms with Gasteiger partial charge in [-0.05, 0) is 45.9 Å². The summed E-state index contributed by atoms with van der Waals surface area (Å²) in [6, 6.07) is 3.72. The smallest absolute Gasteiger partial charge is 0.239 e. The van der Waals surface area contributed by atoms with Gasteiger partial charge in [0.15, 0.2) is 0 Å². The summed E-state index contributed by atoms with van der Waals surface area (Å²) in [5.41, 5.74) is 6.07. The van der Waals surface area contributed by atoms with Crippen LogP contribution in [-0.4, -0.2) is 20.1 Å². The summed E-state index contributed by atoms with van der Waals surface area (Å²) in [5, 5.41) is 1.89. The lowest BCUT2D eigenvalue weighted by Gasteiger charge is -2.22. The Bertz CT molecular complexity index is 512. The van der Waals surface area contributed by atoms with Crippen LogP contribution in [0.1, 0.15) is 27.7 Å². The third-order valence-electron chi connectivity index (χ3n) is 2.57. The highest BCUT2D eigenvalue weighted by molar-refractivity contribution is 7.87. The van der Waals surface area contributed by atoms with E-state index in [4.69, 9.17) is 5.73 Å². The Hall–Kier alpha value is -1.43. The summed E-state index contributed by atoms with van der Waals surface area (Å²) in [4.78, 5) is 12.0. The van der Waals surface area contributed by atoms with Crippen molar-refractivity contribution in [2.75, 3.05) is 11.1 Å². The maximum Gasteiger partial charge on any atom is 0.239 e. The highest BCUT2D eigenvalue weighted by Gasteiger charge is 2.29. The molecule has 3 N–H and O–H groups in total. The minimum atomic E-state index is -1.32. The Balaban J connectivity index is 2.83. The van der Waals surface area contributed by atoms with Crippen LogP contribution in [0.15, 0.2) is 18.2 Å². The normalized spacial score (nSPS) is 14.8. The third-order valence-corrected chi connectivity index (χ3v) is 4.63. The quantitative estimate of drug-likeness (QED) is 0.837. The topological polar surface area (TPSA) is 72.2 Å². The standard InChI is InChI=1S/C13H19FN2O2S/c1-8(19(18)13(2,3)4)12(17)16-11-6-5-9(14)7-10(11)15/h5-8H,15H2,1-4H3,(H,16,17). The van der Waals surface area contributed by atoms with Crippen LogP contribution < -0.4 is 11.1 Å². The van der Waals surface area contributed by atoms with Crippen molar-refractivity contribution in [1.82, 2.24) is 0 Å². The summed E-state index contributed by atoms with van der Waals surface area (Å²) < 4.78 is 24.5. The summed E-state index contributed by atoms with van der Waals surface area (Å²) in [6.07, 6.45) is 0. The van der Waals surface area contributed by atoms with Gasteiger partial charge in [0.05, 0.1) is 11.4 Å². The van der Waals surface area contributed by atoms with E-state index in [2.05, 4.69) is 5.32 Å². The summed E-state index contributed by atoms with van der Waals surface area (Å²) in [5.74, 6) is -0.867. The molecule has 19 heavy (non-hydrogen) atoms. The number of halogens is 1. The second kappa shape index (κ2) is 5.69. The van der Waals surface area contributed by atoms with E-state index in [9.17, 15) is 13.4 Å². The zero-order chi connectivity index (χ0) is 14.8. The van der Waals surface area contributed by atoms with Gasteiger partial charge in [0.2, 0.25) is 5.91 Å². The number of nitrogens with two attached hydrogens (primary N) is 1. The molecule has 1 rings (SSSR count). The van der Waals surface area contributed by atoms with Gasteiger partial charge in [0.25, 0.3) is 0 Å². The van der Waals surface area contributed by atoms with Crippen LogP contribution in [0.3, 0.4) is 0 Å². The molecule has 0 radical (unpaired) electrons. The molecule has 0 saturated carbocycles. The second-order valence-electron chi connectivity index (χ2n) is 5.27. The van der Waals surface area contributed by atoms with Crippen LogP contribution in [0.2, 0.25) is 0 Å². The molecule has 106 valence electrons. The molecular formula is C13H19FN2O2S. The van der Waals surface area contributed by atoms with Crippen LogP contribution in [0.5, 0.6) is 0 Å². The fraction of sp³-hybridized carbons (Fsp3) is 0.462. The number of carbonyl (C=O) groups is 1. The van der Waals surface area contributed by atoms with E-state index in [1.807, 2.05) is 0 Å². The van der Waals surface area contributed by atoms with Crippen LogP contribution in [0.25, 0.3) is 0 Å². The molecule has 2 atom stereocenters. The number of rotatable bonds is 3. The van der Waals surface area contributed by atoms with E-state index in [-0.39, 0.29) is 5.69 Å². The number of hydrogen-bond acceptors (Lipinski definition) is 3. The average molecular weight is 286 g/mol. The number of carbonyl (C=O) groups excluding carboxylic acids is 1. The Morgan fingerprint density at radius 3 is 2.47 bits per heavy atom. The SMILES string of the molecule is CC(C(=O)Nc1ccc(F)cc1N)S(=O)C(C)(C)C. The Morgan fingerprint density at radius 2 is 2.00 bits per heavy atom. The van der Waals surface area contributed by atoms with Crippen molar-refractivity contribution in [2.45, 2.75) is 37.7 Å². The van der Waals surface area contributed by atoms with Crippen molar-refractivity contribution >= 4 is 28.1 Å². The average Bonchev–Trinajstić information content (AvgIpc) is 2.29. The Morgan fingerprint density at radius 1 is 1.42 bits per heavy atom. The largest absolute Gasteiger partial charge is 0.397 e. The van der Waals surface area contributed by atoms with Gasteiger partial charge in [0.1, 0.15) is 11.1 Å². The molecule has 1 amide bonds. The zero-order valence-electron chi connectivity index (χ0n) is 11.5. The van der Waals surface area contributed by atoms with Crippen molar-refractivity contribution in [1.29, 1.82) is 0 Å². The fourth-order valence-electron chi connectivity index (χ4n) is 1.51. The summed E-state index contributed by atoms with van der Waals surface area (Å²) >= 11 is 0. The third kappa shape index (κ3) is 4.02. The highest BCUT2D eigenvalue weighted by atomic mass is 32.2. The predicted octanol–water partition coefficient (Wildman–Crippen LogP) is 2.28. The van der Waals surface area contributed by atoms with Gasteiger partial charge in [0, 0.05) is 15.5 Å². The van der Waals surface area contributed by atoms with Crippen LogP contribution in [0.4, 0.5) is 15.8 Å². The predicted molar refractivity (Wildman–Crippen MR) is 76.8 cm³/mol. The van der Waals surface area contributed by atoms with E-state index in [0.717, 1.165) is 6.07 Å². The van der Waals surface area contributed by atoms with Gasteiger partial charge in [-0.15, -0.1) is 0 Å². The first-order chi connectivity index (χ1) is 8.62. The number of benzene rings is 1. The molecule has 0 aliphatic rings. The van der Waals surface area contributed by atoms with Gasteiger partial charge in [-0.1, -0.05) is 0 Å². The molecule has 0 fully saturated rings. The molecule has 0 aromatic heterocycles. The van der Waals surface area contributed by atoms with Crippen molar-refractivity contribution in [3.63, 3.8) is 0 Å². The first-order valence-corrected chi connectivity index (χ1v) is 7.11. The molecule has 0 aliphatic carbocycles. The number of anilines is 2. The first kappa shape index (κ1) is 15.6. The Kier molecular flexibility index (Phi) is 4.68. The molecule has 0 spiro atoms. The maximum atomic E-state index is 12.9. The lowest BCUT2D eigenvalue weighted by atomic mass is 10.2. The molecule has 4 nitrogen and oxygen atoms in total. The van der Waals surface area contributed by atoms with Crippen molar-refractivity contribution in [3.8, 4) is 0 Å². The molecular weight excluding hydrogens is 267 g/mol. The highest BCUT2D eigenvalue weighted by Crippen LogP contribution is 2.21. The minimum absolute atomic E-state index is 0.141. The first-order valence-electron chi connectivity index (χ1n) is 5.89. The molecule has 0 aliphatic heterocycles. The van der Waals surface area contributed by atoms with E-state index < -0.39 is 32.5 Å². The van der Waals surface area contributed by atoms with Crippen molar-refractivity contribution in [2.24, 2.45) is 0 Å². The van der Waals surface area contributed by atoms with Crippen LogP contribution in [0, 0.1) is 5.82 Å². The number of amides is 1. The minimum Gasteiger partial charge on any atom is -0.397 e. The zero-order valence-corrected chi connectivity index (χ0v) is 12.3. The second-order valence-corrected chi connectivity index (χ2v) is 7.80. The van der Waals surface area contributed by atoms with E-state index in [0.29, 0.717) is 5.69 Å². The van der Waals surface area contributed by atoms with Crippen LogP contribution >= 0.6 is 0 Å². The fourth-order valence-corrected chi connectivity index (χ4v) is 2.82. The summed E-state index contributed by atoms with van der Waals surface area (Å²) in [7, 11) is -1.32. The molecule has 1 aromatic rings. The lowest BCUT2D eigenvalue weighted by Crippen LogP contribution is -2.37. The monoisotopic (exact) mass is 286 g/mol. The van der Waals surface area contributed by atoms with Crippen molar-refractivity contribution < 1.29 is 13.4 Å².